The van der Waals surface area contributed by atoms with E-state index in [0.29, 0.717) is 6.54 Å². The first kappa shape index (κ1) is 5.84. The van der Waals surface area contributed by atoms with Crippen molar-refractivity contribution in [2.45, 2.75) is 6.17 Å². The third-order valence-electron chi connectivity index (χ3n) is 0.468. The maximum absolute atomic E-state index is 5.11. The normalized spacial score (nSPS) is 14.5. The van der Waals surface area contributed by atoms with Crippen LogP contribution in [0, 0.1) is 0 Å². The Kier molecular flexibility index (Phi) is 2.97. The Morgan fingerprint density at radius 2 is 2.17 bits per heavy atom. The Labute approximate surface area is 36.6 Å². The zero-order valence-electron chi connectivity index (χ0n) is 3.52. The van der Waals surface area contributed by atoms with Crippen molar-refractivity contribution in [2.24, 2.45) is 17.3 Å². The molecule has 0 heterocycles. The van der Waals surface area contributed by atoms with Crippen LogP contribution in [-0.4, -0.2) is 12.7 Å². The molecule has 0 saturated carbocycles. The molecule has 0 rings (SSSR count). The molecular weight excluding hydrogens is 80.0 g/mol. The molecule has 0 aromatic carbocycles. The number of nitrogens with one attached hydrogen (secondary N) is 1. The summed E-state index contributed by atoms with van der Waals surface area (Å²) < 4.78 is 0. The lowest BCUT2D eigenvalue weighted by Crippen LogP contribution is -2.47. The summed E-state index contributed by atoms with van der Waals surface area (Å²) in [6.45, 7) is 0.372. The van der Waals surface area contributed by atoms with Gasteiger partial charge in [-0.3, -0.25) is 5.84 Å². The van der Waals surface area contributed by atoms with Crippen molar-refractivity contribution in [1.82, 2.24) is 5.43 Å². The molecule has 38 valence electrons. The van der Waals surface area contributed by atoms with E-state index in [1.807, 2.05) is 0 Å². The van der Waals surface area contributed by atoms with Crippen LogP contribution in [0.3, 0.4) is 0 Å². The highest BCUT2D eigenvalue weighted by atomic mass is 15.3. The molecule has 0 aromatic rings. The summed E-state index contributed by atoms with van der Waals surface area (Å²) in [6.07, 6.45) is -0.259. The monoisotopic (exact) mass is 90.1 g/mol. The van der Waals surface area contributed by atoms with Gasteiger partial charge in [0.25, 0.3) is 0 Å². The van der Waals surface area contributed by atoms with Crippen LogP contribution in [-0.2, 0) is 0 Å². The van der Waals surface area contributed by atoms with Gasteiger partial charge in [0.15, 0.2) is 0 Å². The first-order valence-corrected chi connectivity index (χ1v) is 1.73. The highest BCUT2D eigenvalue weighted by molar-refractivity contribution is 4.49. The van der Waals surface area contributed by atoms with Gasteiger partial charge in [-0.1, -0.05) is 0 Å². The Bertz CT molecular complexity index is 24.7. The smallest absolute Gasteiger partial charge is 0.0800 e. The third-order valence-corrected chi connectivity index (χ3v) is 0.468. The van der Waals surface area contributed by atoms with Gasteiger partial charge in [-0.15, -0.1) is 0 Å². The standard InChI is InChI=1S/C2H10N4/c3-1-2(4)6-5/h2,6H,1,3-5H2. The second-order valence-electron chi connectivity index (χ2n) is 1.01. The maximum Gasteiger partial charge on any atom is 0.0800 e. The van der Waals surface area contributed by atoms with E-state index in [1.165, 1.54) is 0 Å². The van der Waals surface area contributed by atoms with Crippen molar-refractivity contribution < 1.29 is 0 Å². The van der Waals surface area contributed by atoms with E-state index in [-0.39, 0.29) is 6.17 Å². The Balaban J connectivity index is 2.75. The molecule has 1 unspecified atom stereocenters. The van der Waals surface area contributed by atoms with Gasteiger partial charge in [-0.25, -0.2) is 5.43 Å². The lowest BCUT2D eigenvalue weighted by molar-refractivity contribution is 0.556. The predicted molar refractivity (Wildman–Crippen MR) is 24.4 cm³/mol. The lowest BCUT2D eigenvalue weighted by atomic mass is 10.6. The topological polar surface area (TPSA) is 90.1 Å². The largest absolute Gasteiger partial charge is 0.328 e. The molecule has 1 atom stereocenters. The molecule has 7 N–H and O–H groups in total. The van der Waals surface area contributed by atoms with Gasteiger partial charge in [0, 0.05) is 6.54 Å². The fourth-order valence-electron chi connectivity index (χ4n) is 0.0680. The summed E-state index contributed by atoms with van der Waals surface area (Å²) >= 11 is 0. The van der Waals surface area contributed by atoms with Gasteiger partial charge in [0.05, 0.1) is 6.17 Å². The molecule has 0 aliphatic heterocycles. The van der Waals surface area contributed by atoms with Gasteiger partial charge in [-0.05, 0) is 0 Å². The average Bonchev–Trinajstić information content (AvgIpc) is 1.65. The van der Waals surface area contributed by atoms with Crippen LogP contribution >= 0.6 is 0 Å². The van der Waals surface area contributed by atoms with E-state index in [0.717, 1.165) is 0 Å². The molecule has 0 aliphatic rings. The number of hydrogen-bond donors (Lipinski definition) is 4. The molecule has 0 fully saturated rings. The highest BCUT2D eigenvalue weighted by Gasteiger charge is 1.87. The quantitative estimate of drug-likeness (QED) is 0.174. The summed E-state index contributed by atoms with van der Waals surface area (Å²) in [6, 6.07) is 0. The summed E-state index contributed by atoms with van der Waals surface area (Å²) in [5.74, 6) is 4.83. The minimum absolute atomic E-state index is 0.259. The average molecular weight is 90.1 g/mol. The van der Waals surface area contributed by atoms with E-state index in [2.05, 4.69) is 5.43 Å². The second kappa shape index (κ2) is 3.05. The number of rotatable bonds is 2. The van der Waals surface area contributed by atoms with E-state index in [1.54, 1.807) is 0 Å². The van der Waals surface area contributed by atoms with Crippen molar-refractivity contribution >= 4 is 0 Å². The molecule has 6 heavy (non-hydrogen) atoms. The molecule has 0 radical (unpaired) electrons. The zero-order chi connectivity index (χ0) is 4.99. The van der Waals surface area contributed by atoms with Crippen LogP contribution in [0.1, 0.15) is 0 Å². The zero-order valence-corrected chi connectivity index (χ0v) is 3.52. The van der Waals surface area contributed by atoms with Crippen LogP contribution in [0.4, 0.5) is 0 Å². The van der Waals surface area contributed by atoms with E-state index in [4.69, 9.17) is 17.3 Å². The SMILES string of the molecule is NCC(N)NN. The van der Waals surface area contributed by atoms with Crippen molar-refractivity contribution in [3.63, 3.8) is 0 Å². The van der Waals surface area contributed by atoms with Crippen LogP contribution in [0.2, 0.25) is 0 Å². The minimum atomic E-state index is -0.259. The van der Waals surface area contributed by atoms with E-state index < -0.39 is 0 Å². The Hall–Kier alpha value is -0.160. The third kappa shape index (κ3) is 2.10. The highest BCUT2D eigenvalue weighted by Crippen LogP contribution is 1.51. The van der Waals surface area contributed by atoms with Crippen molar-refractivity contribution in [3.05, 3.63) is 0 Å². The van der Waals surface area contributed by atoms with Crippen LogP contribution < -0.4 is 22.7 Å². The Morgan fingerprint density at radius 3 is 2.17 bits per heavy atom. The number of nitrogens with two attached hydrogens (primary N) is 3. The molecule has 0 bridgehead atoms. The van der Waals surface area contributed by atoms with Crippen molar-refractivity contribution in [1.29, 1.82) is 0 Å². The molecule has 0 saturated heterocycles. The first-order chi connectivity index (χ1) is 2.81. The molecule has 0 aromatic heterocycles. The van der Waals surface area contributed by atoms with E-state index >= 15 is 0 Å². The summed E-state index contributed by atoms with van der Waals surface area (Å²) in [7, 11) is 0. The Morgan fingerprint density at radius 1 is 1.67 bits per heavy atom. The molecule has 4 nitrogen and oxygen atoms in total. The van der Waals surface area contributed by atoms with Gasteiger partial charge in [-0.2, -0.15) is 0 Å². The number of hydrogen-bond acceptors (Lipinski definition) is 4. The van der Waals surface area contributed by atoms with Crippen molar-refractivity contribution in [2.75, 3.05) is 6.54 Å². The molecular formula is C2H10N4. The minimum Gasteiger partial charge on any atom is -0.328 e. The predicted octanol–water partition coefficient (Wildman–Crippen LogP) is -2.31. The second-order valence-corrected chi connectivity index (χ2v) is 1.01. The molecule has 0 aliphatic carbocycles. The molecule has 0 spiro atoms. The summed E-state index contributed by atoms with van der Waals surface area (Å²) in [4.78, 5) is 0. The van der Waals surface area contributed by atoms with Crippen LogP contribution in [0.5, 0.6) is 0 Å². The summed E-state index contributed by atoms with van der Waals surface area (Å²) in [5, 5.41) is 0. The first-order valence-electron chi connectivity index (χ1n) is 1.73. The van der Waals surface area contributed by atoms with Crippen LogP contribution in [0.15, 0.2) is 0 Å². The summed E-state index contributed by atoms with van der Waals surface area (Å²) in [5.41, 5.74) is 12.4. The van der Waals surface area contributed by atoms with E-state index in [9.17, 15) is 0 Å². The van der Waals surface area contributed by atoms with Crippen molar-refractivity contribution in [3.8, 4) is 0 Å². The van der Waals surface area contributed by atoms with Gasteiger partial charge in [0.1, 0.15) is 0 Å². The molecule has 0 amide bonds. The lowest BCUT2D eigenvalue weighted by Gasteiger charge is -2.02. The maximum atomic E-state index is 5.11. The van der Waals surface area contributed by atoms with Gasteiger partial charge in [0.2, 0.25) is 0 Å². The fraction of sp³-hybridized carbons (Fsp3) is 1.00. The number of hydrazine groups is 1. The fourth-order valence-corrected chi connectivity index (χ4v) is 0.0680. The molecule has 4 heteroatoms. The van der Waals surface area contributed by atoms with Crippen LogP contribution in [0.25, 0.3) is 0 Å². The van der Waals surface area contributed by atoms with Gasteiger partial charge < -0.3 is 11.5 Å². The van der Waals surface area contributed by atoms with Gasteiger partial charge >= 0.3 is 0 Å².